The Labute approximate surface area is 110 Å². The first-order valence-electron chi connectivity index (χ1n) is 5.90. The van der Waals surface area contributed by atoms with E-state index in [-0.39, 0.29) is 5.91 Å². The predicted octanol–water partition coefficient (Wildman–Crippen LogP) is 0.915. The Kier molecular flexibility index (Phi) is 3.76. The van der Waals surface area contributed by atoms with Crippen molar-refractivity contribution in [2.24, 2.45) is 12.9 Å². The number of pyridine rings is 1. The van der Waals surface area contributed by atoms with Gasteiger partial charge < -0.3 is 10.7 Å². The third kappa shape index (κ3) is 2.89. The fraction of sp³-hybridized carbons (Fsp3) is 0.250. The van der Waals surface area contributed by atoms with E-state index in [9.17, 15) is 4.79 Å². The fourth-order valence-electron chi connectivity index (χ4n) is 1.71. The highest BCUT2D eigenvalue weighted by Gasteiger charge is 2.11. The Morgan fingerprint density at radius 2 is 2.26 bits per heavy atom. The average molecular weight is 260 g/mol. The minimum Gasteiger partial charge on any atom is -0.319 e. The summed E-state index contributed by atoms with van der Waals surface area (Å²) in [5.74, 6) is 5.50. The van der Waals surface area contributed by atoms with Crippen molar-refractivity contribution >= 4 is 17.4 Å². The van der Waals surface area contributed by atoms with Crippen molar-refractivity contribution in [3.63, 3.8) is 0 Å². The molecule has 0 aliphatic rings. The molecule has 0 saturated carbocycles. The molecule has 0 radical (unpaired) electrons. The standard InChI is InChI=1S/C12H16N6O/c1-3-9-10(7-18(2)17-9)15-12(19)8-4-5-11(16-13)14-6-8/h4-7H,3,13H2,1-2H3,(H,14,16)(H,15,19). The molecule has 2 aromatic rings. The normalized spacial score (nSPS) is 10.3. The first-order chi connectivity index (χ1) is 9.13. The quantitative estimate of drug-likeness (QED) is 0.561. The summed E-state index contributed by atoms with van der Waals surface area (Å²) in [6, 6.07) is 3.29. The van der Waals surface area contributed by atoms with Gasteiger partial charge in [-0.05, 0) is 18.6 Å². The number of aromatic nitrogens is 3. The molecule has 0 atom stereocenters. The SMILES string of the molecule is CCc1nn(C)cc1NC(=O)c1ccc(NN)nc1. The highest BCUT2D eigenvalue weighted by Crippen LogP contribution is 2.15. The minimum absolute atomic E-state index is 0.223. The number of rotatable bonds is 4. The molecule has 0 saturated heterocycles. The van der Waals surface area contributed by atoms with Gasteiger partial charge in [0, 0.05) is 19.4 Å². The maximum atomic E-state index is 12.1. The zero-order valence-corrected chi connectivity index (χ0v) is 10.8. The van der Waals surface area contributed by atoms with Crippen molar-refractivity contribution in [1.29, 1.82) is 0 Å². The number of nitrogen functional groups attached to an aromatic ring is 1. The molecule has 0 bridgehead atoms. The van der Waals surface area contributed by atoms with E-state index in [2.05, 4.69) is 20.8 Å². The number of nitrogens with one attached hydrogen (secondary N) is 2. The van der Waals surface area contributed by atoms with Gasteiger partial charge >= 0.3 is 0 Å². The van der Waals surface area contributed by atoms with Crippen molar-refractivity contribution in [1.82, 2.24) is 14.8 Å². The van der Waals surface area contributed by atoms with Crippen molar-refractivity contribution in [3.8, 4) is 0 Å². The number of nitrogens with zero attached hydrogens (tertiary/aromatic N) is 3. The minimum atomic E-state index is -0.223. The molecule has 2 aromatic heterocycles. The molecule has 7 heteroatoms. The maximum absolute atomic E-state index is 12.1. The lowest BCUT2D eigenvalue weighted by molar-refractivity contribution is 0.102. The zero-order chi connectivity index (χ0) is 13.8. The third-order valence-corrected chi connectivity index (χ3v) is 2.66. The van der Waals surface area contributed by atoms with Gasteiger partial charge in [0.1, 0.15) is 5.82 Å². The van der Waals surface area contributed by atoms with Crippen molar-refractivity contribution in [3.05, 3.63) is 35.8 Å². The number of carbonyl (C=O) groups excluding carboxylic acids is 1. The summed E-state index contributed by atoms with van der Waals surface area (Å²) in [6.07, 6.45) is 4.00. The second-order valence-corrected chi connectivity index (χ2v) is 4.05. The lowest BCUT2D eigenvalue weighted by Crippen LogP contribution is -2.14. The molecule has 19 heavy (non-hydrogen) atoms. The molecule has 0 unspecified atom stereocenters. The predicted molar refractivity (Wildman–Crippen MR) is 72.6 cm³/mol. The molecule has 0 spiro atoms. The van der Waals surface area contributed by atoms with E-state index in [1.54, 1.807) is 23.0 Å². The van der Waals surface area contributed by atoms with Crippen molar-refractivity contribution < 1.29 is 4.79 Å². The van der Waals surface area contributed by atoms with Gasteiger partial charge in [0.25, 0.3) is 5.91 Å². The third-order valence-electron chi connectivity index (χ3n) is 2.66. The summed E-state index contributed by atoms with van der Waals surface area (Å²) in [6.45, 7) is 1.99. The van der Waals surface area contributed by atoms with Crippen LogP contribution >= 0.6 is 0 Å². The smallest absolute Gasteiger partial charge is 0.257 e. The maximum Gasteiger partial charge on any atom is 0.257 e. The molecule has 0 aliphatic carbocycles. The largest absolute Gasteiger partial charge is 0.319 e. The molecule has 0 fully saturated rings. The van der Waals surface area contributed by atoms with Crippen LogP contribution in [0.1, 0.15) is 23.0 Å². The van der Waals surface area contributed by atoms with Crippen LogP contribution in [0.4, 0.5) is 11.5 Å². The Balaban J connectivity index is 2.15. The summed E-state index contributed by atoms with van der Waals surface area (Å²) in [7, 11) is 1.82. The van der Waals surface area contributed by atoms with Crippen LogP contribution in [0.3, 0.4) is 0 Å². The first-order valence-corrected chi connectivity index (χ1v) is 5.90. The van der Waals surface area contributed by atoms with E-state index in [0.29, 0.717) is 11.4 Å². The fourth-order valence-corrected chi connectivity index (χ4v) is 1.71. The summed E-state index contributed by atoms with van der Waals surface area (Å²) >= 11 is 0. The summed E-state index contributed by atoms with van der Waals surface area (Å²) in [5.41, 5.74) is 4.44. The number of amides is 1. The lowest BCUT2D eigenvalue weighted by Gasteiger charge is -2.05. The van der Waals surface area contributed by atoms with Gasteiger partial charge in [-0.1, -0.05) is 6.92 Å². The van der Waals surface area contributed by atoms with E-state index in [4.69, 9.17) is 5.84 Å². The number of aryl methyl sites for hydroxylation is 2. The number of hydrazine groups is 1. The number of hydrogen-bond acceptors (Lipinski definition) is 5. The Morgan fingerprint density at radius 1 is 1.47 bits per heavy atom. The van der Waals surface area contributed by atoms with E-state index in [1.807, 2.05) is 14.0 Å². The van der Waals surface area contributed by atoms with Gasteiger partial charge in [-0.2, -0.15) is 5.10 Å². The van der Waals surface area contributed by atoms with Gasteiger partial charge in [0.05, 0.1) is 16.9 Å². The van der Waals surface area contributed by atoms with Crippen LogP contribution in [-0.4, -0.2) is 20.7 Å². The van der Waals surface area contributed by atoms with Gasteiger partial charge in [-0.15, -0.1) is 0 Å². The number of nitrogens with two attached hydrogens (primary N) is 1. The van der Waals surface area contributed by atoms with E-state index < -0.39 is 0 Å². The second kappa shape index (κ2) is 5.49. The molecule has 2 heterocycles. The van der Waals surface area contributed by atoms with Gasteiger partial charge in [-0.25, -0.2) is 10.8 Å². The molecule has 1 amide bonds. The summed E-state index contributed by atoms with van der Waals surface area (Å²) in [5, 5.41) is 7.09. The average Bonchev–Trinajstić information content (AvgIpc) is 2.78. The van der Waals surface area contributed by atoms with Crippen LogP contribution in [0.2, 0.25) is 0 Å². The van der Waals surface area contributed by atoms with Gasteiger partial charge in [0.15, 0.2) is 0 Å². The summed E-state index contributed by atoms with van der Waals surface area (Å²) in [4.78, 5) is 16.0. The van der Waals surface area contributed by atoms with Crippen LogP contribution in [0.5, 0.6) is 0 Å². The molecule has 0 aliphatic heterocycles. The van der Waals surface area contributed by atoms with Crippen molar-refractivity contribution in [2.45, 2.75) is 13.3 Å². The van der Waals surface area contributed by atoms with Crippen LogP contribution < -0.4 is 16.6 Å². The summed E-state index contributed by atoms with van der Waals surface area (Å²) < 4.78 is 1.67. The van der Waals surface area contributed by atoms with Crippen LogP contribution in [0.15, 0.2) is 24.5 Å². The topological polar surface area (TPSA) is 97.9 Å². The molecule has 4 N–H and O–H groups in total. The number of carbonyl (C=O) groups is 1. The van der Waals surface area contributed by atoms with Gasteiger partial charge in [0.2, 0.25) is 0 Å². The Bertz CT molecular complexity index is 574. The molecular formula is C12H16N6O. The zero-order valence-electron chi connectivity index (χ0n) is 10.8. The molecular weight excluding hydrogens is 244 g/mol. The Morgan fingerprint density at radius 3 is 2.84 bits per heavy atom. The molecule has 7 nitrogen and oxygen atoms in total. The van der Waals surface area contributed by atoms with E-state index >= 15 is 0 Å². The van der Waals surface area contributed by atoms with Crippen molar-refractivity contribution in [2.75, 3.05) is 10.7 Å². The van der Waals surface area contributed by atoms with E-state index in [1.165, 1.54) is 6.20 Å². The van der Waals surface area contributed by atoms with E-state index in [0.717, 1.165) is 17.8 Å². The monoisotopic (exact) mass is 260 g/mol. The molecule has 2 rings (SSSR count). The highest BCUT2D eigenvalue weighted by molar-refractivity contribution is 6.04. The molecule has 0 aromatic carbocycles. The lowest BCUT2D eigenvalue weighted by atomic mass is 10.2. The van der Waals surface area contributed by atoms with Crippen LogP contribution in [0, 0.1) is 0 Å². The van der Waals surface area contributed by atoms with Crippen LogP contribution in [0.25, 0.3) is 0 Å². The second-order valence-electron chi connectivity index (χ2n) is 4.05. The number of anilines is 2. The molecule has 100 valence electrons. The van der Waals surface area contributed by atoms with Crippen LogP contribution in [-0.2, 0) is 13.5 Å². The first kappa shape index (κ1) is 13.0. The van der Waals surface area contributed by atoms with Gasteiger partial charge in [-0.3, -0.25) is 9.48 Å². The number of hydrogen-bond donors (Lipinski definition) is 3. The highest BCUT2D eigenvalue weighted by atomic mass is 16.1. The Hall–Kier alpha value is -2.41.